The van der Waals surface area contributed by atoms with Crippen LogP contribution in [-0.2, 0) is 11.2 Å². The first-order valence-corrected chi connectivity index (χ1v) is 5.34. The molecule has 3 heteroatoms. The molecule has 0 fully saturated rings. The summed E-state index contributed by atoms with van der Waals surface area (Å²) >= 11 is 0. The highest BCUT2D eigenvalue weighted by molar-refractivity contribution is 5.91. The Hall–Kier alpha value is -1.51. The number of rotatable bonds is 2. The molecule has 1 heterocycles. The van der Waals surface area contributed by atoms with Gasteiger partial charge in [-0.25, -0.2) is 0 Å². The second-order valence-electron chi connectivity index (χ2n) is 3.92. The van der Waals surface area contributed by atoms with Gasteiger partial charge in [0.2, 0.25) is 5.91 Å². The smallest absolute Gasteiger partial charge is 0.224 e. The third kappa shape index (κ3) is 1.96. The number of amides is 1. The van der Waals surface area contributed by atoms with E-state index in [9.17, 15) is 4.79 Å². The van der Waals surface area contributed by atoms with Crippen LogP contribution in [0, 0.1) is 0 Å². The number of anilines is 2. The molecule has 0 saturated carbocycles. The molecule has 1 aliphatic rings. The molecule has 1 aliphatic heterocycles. The Morgan fingerprint density at radius 1 is 1.53 bits per heavy atom. The Morgan fingerprint density at radius 3 is 3.07 bits per heavy atom. The summed E-state index contributed by atoms with van der Waals surface area (Å²) in [4.78, 5) is 13.5. The van der Waals surface area contributed by atoms with Crippen molar-refractivity contribution in [2.75, 3.05) is 23.8 Å². The van der Waals surface area contributed by atoms with Gasteiger partial charge < -0.3 is 10.2 Å². The van der Waals surface area contributed by atoms with Crippen LogP contribution in [0.2, 0.25) is 0 Å². The molecular formula is C12H16N2O. The van der Waals surface area contributed by atoms with Crippen molar-refractivity contribution in [2.24, 2.45) is 0 Å². The van der Waals surface area contributed by atoms with Gasteiger partial charge in [0.25, 0.3) is 0 Å². The zero-order valence-corrected chi connectivity index (χ0v) is 9.21. The summed E-state index contributed by atoms with van der Waals surface area (Å²) < 4.78 is 0. The summed E-state index contributed by atoms with van der Waals surface area (Å²) in [6.07, 6.45) is 1.60. The van der Waals surface area contributed by atoms with Gasteiger partial charge in [0.15, 0.2) is 0 Å². The summed E-state index contributed by atoms with van der Waals surface area (Å²) in [7, 11) is 2.09. The molecule has 0 atom stereocenters. The molecule has 0 bridgehead atoms. The van der Waals surface area contributed by atoms with E-state index in [2.05, 4.69) is 29.4 Å². The van der Waals surface area contributed by atoms with E-state index < -0.39 is 0 Å². The Balaban J connectivity index is 2.19. The van der Waals surface area contributed by atoms with Crippen molar-refractivity contribution in [1.29, 1.82) is 0 Å². The van der Waals surface area contributed by atoms with Crippen LogP contribution in [0.15, 0.2) is 18.2 Å². The van der Waals surface area contributed by atoms with Gasteiger partial charge in [-0.05, 0) is 30.2 Å². The number of carbonyl (C=O) groups is 1. The number of nitrogens with zero attached hydrogens (tertiary/aromatic N) is 1. The van der Waals surface area contributed by atoms with E-state index in [-0.39, 0.29) is 5.91 Å². The monoisotopic (exact) mass is 204 g/mol. The number of hydrogen-bond acceptors (Lipinski definition) is 2. The Kier molecular flexibility index (Phi) is 2.62. The lowest BCUT2D eigenvalue weighted by atomic mass is 10.1. The van der Waals surface area contributed by atoms with E-state index in [4.69, 9.17) is 0 Å². The highest BCUT2D eigenvalue weighted by atomic mass is 16.1. The highest BCUT2D eigenvalue weighted by Gasteiger charge is 2.15. The van der Waals surface area contributed by atoms with E-state index in [1.165, 1.54) is 11.3 Å². The topological polar surface area (TPSA) is 32.3 Å². The fourth-order valence-electron chi connectivity index (χ4n) is 1.89. The summed E-state index contributed by atoms with van der Waals surface area (Å²) in [5.41, 5.74) is 3.52. The van der Waals surface area contributed by atoms with Gasteiger partial charge in [0.05, 0.1) is 0 Å². The average molecular weight is 204 g/mol. The molecule has 1 amide bonds. The first kappa shape index (κ1) is 10.0. The second-order valence-corrected chi connectivity index (χ2v) is 3.92. The molecule has 80 valence electrons. The van der Waals surface area contributed by atoms with E-state index in [0.29, 0.717) is 6.42 Å². The highest BCUT2D eigenvalue weighted by Crippen LogP contribution is 2.29. The Morgan fingerprint density at radius 2 is 2.33 bits per heavy atom. The Bertz CT molecular complexity index is 387. The molecular weight excluding hydrogens is 188 g/mol. The number of carbonyl (C=O) groups excluding carboxylic acids is 1. The maximum absolute atomic E-state index is 11.2. The number of likely N-dealkylation sites (N-methyl/N-ethyl adjacent to an activating group) is 1. The largest absolute Gasteiger partial charge is 0.374 e. The normalized spacial score (nSPS) is 13.9. The number of fused-ring (bicyclic) bond motifs is 1. The lowest BCUT2D eigenvalue weighted by molar-refractivity contribution is -0.115. The van der Waals surface area contributed by atoms with Crippen LogP contribution in [0.5, 0.6) is 0 Å². The van der Waals surface area contributed by atoms with Crippen molar-refractivity contribution < 1.29 is 4.79 Å². The first-order valence-electron chi connectivity index (χ1n) is 5.34. The summed E-state index contributed by atoms with van der Waals surface area (Å²) in [6, 6.07) is 6.12. The van der Waals surface area contributed by atoms with Crippen LogP contribution in [0.1, 0.15) is 18.9 Å². The van der Waals surface area contributed by atoms with Crippen LogP contribution in [0.25, 0.3) is 0 Å². The van der Waals surface area contributed by atoms with Gasteiger partial charge in [-0.2, -0.15) is 0 Å². The van der Waals surface area contributed by atoms with E-state index in [1.54, 1.807) is 0 Å². The fraction of sp³-hybridized carbons (Fsp3) is 0.417. The SMILES string of the molecule is CCC(=O)Nc1ccc2c(c1)CCN2C. The molecule has 0 aliphatic carbocycles. The van der Waals surface area contributed by atoms with Gasteiger partial charge in [-0.15, -0.1) is 0 Å². The van der Waals surface area contributed by atoms with E-state index in [1.807, 2.05) is 13.0 Å². The number of benzene rings is 1. The molecule has 3 nitrogen and oxygen atoms in total. The summed E-state index contributed by atoms with van der Waals surface area (Å²) in [5, 5.41) is 2.88. The molecule has 1 aromatic carbocycles. The van der Waals surface area contributed by atoms with Crippen molar-refractivity contribution in [3.8, 4) is 0 Å². The maximum Gasteiger partial charge on any atom is 0.224 e. The van der Waals surface area contributed by atoms with E-state index in [0.717, 1.165) is 18.7 Å². The molecule has 1 N–H and O–H groups in total. The van der Waals surface area contributed by atoms with Crippen molar-refractivity contribution in [3.05, 3.63) is 23.8 Å². The van der Waals surface area contributed by atoms with Crippen LogP contribution in [0.4, 0.5) is 11.4 Å². The minimum absolute atomic E-state index is 0.0706. The second kappa shape index (κ2) is 3.93. The summed E-state index contributed by atoms with van der Waals surface area (Å²) in [5.74, 6) is 0.0706. The van der Waals surface area contributed by atoms with Crippen LogP contribution >= 0.6 is 0 Å². The van der Waals surface area contributed by atoms with Gasteiger partial charge in [0.1, 0.15) is 0 Å². The molecule has 15 heavy (non-hydrogen) atoms. The van der Waals surface area contributed by atoms with E-state index >= 15 is 0 Å². The third-order valence-electron chi connectivity index (χ3n) is 2.81. The van der Waals surface area contributed by atoms with Gasteiger partial charge in [0, 0.05) is 31.4 Å². The van der Waals surface area contributed by atoms with Gasteiger partial charge >= 0.3 is 0 Å². The van der Waals surface area contributed by atoms with Gasteiger partial charge in [-0.3, -0.25) is 4.79 Å². The molecule has 0 radical (unpaired) electrons. The quantitative estimate of drug-likeness (QED) is 0.799. The molecule has 0 spiro atoms. The van der Waals surface area contributed by atoms with Crippen molar-refractivity contribution in [2.45, 2.75) is 19.8 Å². The number of nitrogens with one attached hydrogen (secondary N) is 1. The first-order chi connectivity index (χ1) is 7.20. The molecule has 0 saturated heterocycles. The Labute approximate surface area is 90.1 Å². The number of hydrogen-bond donors (Lipinski definition) is 1. The van der Waals surface area contributed by atoms with Crippen molar-refractivity contribution in [3.63, 3.8) is 0 Å². The fourth-order valence-corrected chi connectivity index (χ4v) is 1.89. The summed E-state index contributed by atoms with van der Waals surface area (Å²) in [6.45, 7) is 2.93. The average Bonchev–Trinajstić information content (AvgIpc) is 2.60. The molecule has 0 aromatic heterocycles. The maximum atomic E-state index is 11.2. The standard InChI is InChI=1S/C12H16N2O/c1-3-12(15)13-10-4-5-11-9(8-10)6-7-14(11)2/h4-5,8H,3,6-7H2,1-2H3,(H,13,15). The predicted octanol–water partition coefficient (Wildman–Crippen LogP) is 2.03. The lowest BCUT2D eigenvalue weighted by Crippen LogP contribution is -2.12. The van der Waals surface area contributed by atoms with Crippen LogP contribution in [0.3, 0.4) is 0 Å². The zero-order chi connectivity index (χ0) is 10.8. The lowest BCUT2D eigenvalue weighted by Gasteiger charge is -2.12. The van der Waals surface area contributed by atoms with Crippen LogP contribution < -0.4 is 10.2 Å². The molecule has 0 unspecified atom stereocenters. The van der Waals surface area contributed by atoms with Crippen molar-refractivity contribution in [1.82, 2.24) is 0 Å². The molecule has 1 aromatic rings. The minimum Gasteiger partial charge on any atom is -0.374 e. The van der Waals surface area contributed by atoms with Gasteiger partial charge in [-0.1, -0.05) is 6.92 Å². The predicted molar refractivity (Wildman–Crippen MR) is 62.3 cm³/mol. The minimum atomic E-state index is 0.0706. The van der Waals surface area contributed by atoms with Crippen LogP contribution in [-0.4, -0.2) is 19.5 Å². The zero-order valence-electron chi connectivity index (χ0n) is 9.21. The molecule has 2 rings (SSSR count). The third-order valence-corrected chi connectivity index (χ3v) is 2.81. The van der Waals surface area contributed by atoms with Crippen molar-refractivity contribution >= 4 is 17.3 Å².